The lowest BCUT2D eigenvalue weighted by atomic mass is 10.1. The number of benzene rings is 1. The summed E-state index contributed by atoms with van der Waals surface area (Å²) in [5, 5.41) is 5.55. The lowest BCUT2D eigenvalue weighted by Gasteiger charge is -2.20. The maximum absolute atomic E-state index is 12.2. The van der Waals surface area contributed by atoms with Crippen LogP contribution in [0.15, 0.2) is 24.3 Å². The summed E-state index contributed by atoms with van der Waals surface area (Å²) in [5.74, 6) is 0.0784. The summed E-state index contributed by atoms with van der Waals surface area (Å²) in [4.78, 5) is 37.8. The van der Waals surface area contributed by atoms with Crippen molar-refractivity contribution in [3.05, 3.63) is 29.8 Å². The predicted molar refractivity (Wildman–Crippen MR) is 97.9 cm³/mol. The van der Waals surface area contributed by atoms with E-state index in [2.05, 4.69) is 10.6 Å². The van der Waals surface area contributed by atoms with Crippen molar-refractivity contribution in [3.63, 3.8) is 0 Å². The first-order chi connectivity index (χ1) is 12.4. The molecule has 1 saturated heterocycles. The van der Waals surface area contributed by atoms with Crippen LogP contribution in [0.2, 0.25) is 0 Å². The molecular formula is C19H27N3O4. The van der Waals surface area contributed by atoms with Gasteiger partial charge in [-0.2, -0.15) is 0 Å². The molecule has 26 heavy (non-hydrogen) atoms. The van der Waals surface area contributed by atoms with Gasteiger partial charge in [-0.15, -0.1) is 0 Å². The standard InChI is InChI=1S/C19H27N3O4/c1-4-26-16-7-5-14(6-8-16)18(24)20-9-10-21-19(25)15-11-17(23)22(12-15)13(2)3/h5-8,13,15H,4,9-12H2,1-3H3,(H,20,24)(H,21,25). The molecule has 1 atom stereocenters. The maximum atomic E-state index is 12.2. The number of rotatable bonds is 8. The van der Waals surface area contributed by atoms with E-state index in [-0.39, 0.29) is 36.1 Å². The van der Waals surface area contributed by atoms with Gasteiger partial charge in [0.25, 0.3) is 5.91 Å². The third-order valence-corrected chi connectivity index (χ3v) is 4.29. The molecule has 0 bridgehead atoms. The molecule has 1 aliphatic heterocycles. The van der Waals surface area contributed by atoms with E-state index in [1.54, 1.807) is 29.2 Å². The zero-order chi connectivity index (χ0) is 19.1. The van der Waals surface area contributed by atoms with Crippen LogP contribution >= 0.6 is 0 Å². The summed E-state index contributed by atoms with van der Waals surface area (Å²) in [7, 11) is 0. The Balaban J connectivity index is 1.70. The van der Waals surface area contributed by atoms with Gasteiger partial charge in [0.15, 0.2) is 0 Å². The van der Waals surface area contributed by atoms with Crippen molar-refractivity contribution in [2.24, 2.45) is 5.92 Å². The van der Waals surface area contributed by atoms with Crippen LogP contribution in [0, 0.1) is 5.92 Å². The van der Waals surface area contributed by atoms with Gasteiger partial charge in [0, 0.05) is 37.7 Å². The molecule has 0 aromatic heterocycles. The van der Waals surface area contributed by atoms with E-state index in [1.807, 2.05) is 20.8 Å². The Morgan fingerprint density at radius 2 is 1.85 bits per heavy atom. The number of carbonyl (C=O) groups excluding carboxylic acids is 3. The number of nitrogens with one attached hydrogen (secondary N) is 2. The fourth-order valence-electron chi connectivity index (χ4n) is 2.88. The van der Waals surface area contributed by atoms with Crippen LogP contribution in [0.1, 0.15) is 37.6 Å². The normalized spacial score (nSPS) is 16.7. The quantitative estimate of drug-likeness (QED) is 0.681. The Kier molecular flexibility index (Phi) is 7.00. The third-order valence-electron chi connectivity index (χ3n) is 4.29. The molecule has 7 nitrogen and oxygen atoms in total. The van der Waals surface area contributed by atoms with Gasteiger partial charge >= 0.3 is 0 Å². The lowest BCUT2D eigenvalue weighted by Crippen LogP contribution is -2.39. The predicted octanol–water partition coefficient (Wildman–Crippen LogP) is 1.19. The molecule has 3 amide bonds. The fourth-order valence-corrected chi connectivity index (χ4v) is 2.88. The van der Waals surface area contributed by atoms with E-state index in [1.165, 1.54) is 0 Å². The Labute approximate surface area is 154 Å². The second-order valence-corrected chi connectivity index (χ2v) is 6.55. The molecule has 0 aliphatic carbocycles. The second kappa shape index (κ2) is 9.22. The molecular weight excluding hydrogens is 334 g/mol. The molecule has 2 rings (SSSR count). The van der Waals surface area contributed by atoms with E-state index in [4.69, 9.17) is 4.74 Å². The van der Waals surface area contributed by atoms with Gasteiger partial charge in [-0.25, -0.2) is 0 Å². The molecule has 1 aliphatic rings. The van der Waals surface area contributed by atoms with Gasteiger partial charge in [-0.3, -0.25) is 14.4 Å². The van der Waals surface area contributed by atoms with Crippen LogP contribution in [0.3, 0.4) is 0 Å². The summed E-state index contributed by atoms with van der Waals surface area (Å²) >= 11 is 0. The molecule has 1 heterocycles. The minimum atomic E-state index is -0.313. The molecule has 0 saturated carbocycles. The van der Waals surface area contributed by atoms with E-state index in [0.29, 0.717) is 31.8 Å². The molecule has 1 unspecified atom stereocenters. The van der Waals surface area contributed by atoms with Crippen molar-refractivity contribution in [3.8, 4) is 5.75 Å². The van der Waals surface area contributed by atoms with Gasteiger partial charge in [0.1, 0.15) is 5.75 Å². The second-order valence-electron chi connectivity index (χ2n) is 6.55. The Morgan fingerprint density at radius 3 is 2.42 bits per heavy atom. The Bertz CT molecular complexity index is 643. The van der Waals surface area contributed by atoms with E-state index in [9.17, 15) is 14.4 Å². The third kappa shape index (κ3) is 5.21. The maximum Gasteiger partial charge on any atom is 0.251 e. The molecule has 1 aromatic carbocycles. The van der Waals surface area contributed by atoms with Gasteiger partial charge in [-0.05, 0) is 45.0 Å². The number of amides is 3. The van der Waals surface area contributed by atoms with Crippen molar-refractivity contribution >= 4 is 17.7 Å². The molecule has 7 heteroatoms. The number of hydrogen-bond acceptors (Lipinski definition) is 4. The smallest absolute Gasteiger partial charge is 0.251 e. The summed E-state index contributed by atoms with van der Waals surface area (Å²) in [6.45, 7) is 7.47. The first kappa shape index (κ1) is 19.8. The van der Waals surface area contributed by atoms with Crippen LogP contribution in [-0.2, 0) is 9.59 Å². The molecule has 0 spiro atoms. The van der Waals surface area contributed by atoms with E-state index >= 15 is 0 Å². The number of carbonyl (C=O) groups is 3. The molecule has 1 aromatic rings. The summed E-state index contributed by atoms with van der Waals surface area (Å²) in [6.07, 6.45) is 0.253. The average Bonchev–Trinajstić information content (AvgIpc) is 3.01. The first-order valence-electron chi connectivity index (χ1n) is 9.00. The van der Waals surface area contributed by atoms with Crippen LogP contribution in [-0.4, -0.2) is 54.9 Å². The highest BCUT2D eigenvalue weighted by atomic mass is 16.5. The Morgan fingerprint density at radius 1 is 1.19 bits per heavy atom. The minimum absolute atomic E-state index is 0.0175. The molecule has 0 radical (unpaired) electrons. The van der Waals surface area contributed by atoms with E-state index < -0.39 is 0 Å². The van der Waals surface area contributed by atoms with Gasteiger partial charge < -0.3 is 20.3 Å². The topological polar surface area (TPSA) is 87.7 Å². The number of likely N-dealkylation sites (tertiary alicyclic amines) is 1. The highest BCUT2D eigenvalue weighted by Gasteiger charge is 2.35. The SMILES string of the molecule is CCOc1ccc(C(=O)NCCNC(=O)C2CC(=O)N(C(C)C)C2)cc1. The van der Waals surface area contributed by atoms with Crippen molar-refractivity contribution in [2.75, 3.05) is 26.2 Å². The van der Waals surface area contributed by atoms with Crippen molar-refractivity contribution in [1.29, 1.82) is 0 Å². The van der Waals surface area contributed by atoms with Crippen LogP contribution < -0.4 is 15.4 Å². The van der Waals surface area contributed by atoms with Crippen LogP contribution in [0.5, 0.6) is 5.75 Å². The van der Waals surface area contributed by atoms with Crippen molar-refractivity contribution < 1.29 is 19.1 Å². The van der Waals surface area contributed by atoms with Gasteiger partial charge in [0.05, 0.1) is 12.5 Å². The van der Waals surface area contributed by atoms with Gasteiger partial charge in [-0.1, -0.05) is 0 Å². The highest BCUT2D eigenvalue weighted by Crippen LogP contribution is 2.20. The highest BCUT2D eigenvalue weighted by molar-refractivity contribution is 5.94. The average molecular weight is 361 g/mol. The largest absolute Gasteiger partial charge is 0.494 e. The van der Waals surface area contributed by atoms with E-state index in [0.717, 1.165) is 5.75 Å². The number of hydrogen-bond donors (Lipinski definition) is 2. The minimum Gasteiger partial charge on any atom is -0.494 e. The van der Waals surface area contributed by atoms with Crippen LogP contribution in [0.25, 0.3) is 0 Å². The number of ether oxygens (including phenoxy) is 1. The molecule has 1 fully saturated rings. The monoisotopic (exact) mass is 361 g/mol. The van der Waals surface area contributed by atoms with Crippen molar-refractivity contribution in [2.45, 2.75) is 33.2 Å². The molecule has 2 N–H and O–H groups in total. The summed E-state index contributed by atoms with van der Waals surface area (Å²) < 4.78 is 5.34. The van der Waals surface area contributed by atoms with Gasteiger partial charge in [0.2, 0.25) is 11.8 Å². The Hall–Kier alpha value is -2.57. The lowest BCUT2D eigenvalue weighted by molar-refractivity contribution is -0.129. The van der Waals surface area contributed by atoms with Crippen molar-refractivity contribution in [1.82, 2.24) is 15.5 Å². The zero-order valence-electron chi connectivity index (χ0n) is 15.6. The summed E-state index contributed by atoms with van der Waals surface area (Å²) in [6, 6.07) is 7.00. The zero-order valence-corrected chi connectivity index (χ0v) is 15.6. The summed E-state index contributed by atoms with van der Waals surface area (Å²) in [5.41, 5.74) is 0.536. The van der Waals surface area contributed by atoms with Crippen LogP contribution in [0.4, 0.5) is 0 Å². The first-order valence-corrected chi connectivity index (χ1v) is 9.00. The molecule has 142 valence electrons. The fraction of sp³-hybridized carbons (Fsp3) is 0.526. The number of nitrogens with zero attached hydrogens (tertiary/aromatic N) is 1.